The standard InChI is InChI=1S/C8H16O3.Ti/c1-4-5-6-8(9)11-10-7(2)3;/h7H,4-6H2,1-3H3;. The summed E-state index contributed by atoms with van der Waals surface area (Å²) in [7, 11) is 0. The average Bonchev–Trinajstić information content (AvgIpc) is 1.97. The number of unbranched alkanes of at least 4 members (excludes halogenated alkanes) is 1. The number of rotatable bonds is 5. The molecule has 0 aliphatic carbocycles. The van der Waals surface area contributed by atoms with E-state index in [4.69, 9.17) is 0 Å². The van der Waals surface area contributed by atoms with Gasteiger partial charge in [-0.25, -0.2) is 4.79 Å². The molecule has 0 rings (SSSR count). The molecule has 0 atom stereocenters. The second-order valence-corrected chi connectivity index (χ2v) is 2.70. The van der Waals surface area contributed by atoms with Crippen LogP contribution in [0.2, 0.25) is 0 Å². The fourth-order valence-electron chi connectivity index (χ4n) is 0.513. The Labute approximate surface area is 88.6 Å². The Bertz CT molecular complexity index is 115. The van der Waals surface area contributed by atoms with E-state index in [0.717, 1.165) is 12.8 Å². The first-order valence-electron chi connectivity index (χ1n) is 4.03. The van der Waals surface area contributed by atoms with Crippen LogP contribution < -0.4 is 0 Å². The smallest absolute Gasteiger partial charge is 0.298 e. The molecule has 0 aliphatic rings. The van der Waals surface area contributed by atoms with E-state index in [1.807, 2.05) is 20.8 Å². The van der Waals surface area contributed by atoms with Crippen LogP contribution in [0.4, 0.5) is 0 Å². The van der Waals surface area contributed by atoms with Crippen molar-refractivity contribution in [3.63, 3.8) is 0 Å². The van der Waals surface area contributed by atoms with Crippen molar-refractivity contribution in [2.75, 3.05) is 0 Å². The SMILES string of the molecule is CCCCC(=O)OOC(C)C.[Ti]. The van der Waals surface area contributed by atoms with Gasteiger partial charge in [-0.15, -0.1) is 0 Å². The Morgan fingerprint density at radius 3 is 2.42 bits per heavy atom. The quantitative estimate of drug-likeness (QED) is 0.394. The molecule has 3 nitrogen and oxygen atoms in total. The van der Waals surface area contributed by atoms with E-state index in [9.17, 15) is 4.79 Å². The summed E-state index contributed by atoms with van der Waals surface area (Å²) in [5.74, 6) is -0.277. The van der Waals surface area contributed by atoms with Gasteiger partial charge in [-0.3, -0.25) is 4.89 Å². The van der Waals surface area contributed by atoms with Gasteiger partial charge >= 0.3 is 5.97 Å². The summed E-state index contributed by atoms with van der Waals surface area (Å²) >= 11 is 0. The van der Waals surface area contributed by atoms with E-state index in [1.165, 1.54) is 0 Å². The molecule has 0 saturated carbocycles. The normalized spacial score (nSPS) is 9.33. The Balaban J connectivity index is 0. The molecule has 0 aromatic heterocycles. The summed E-state index contributed by atoms with van der Waals surface area (Å²) in [4.78, 5) is 19.9. The van der Waals surface area contributed by atoms with Gasteiger partial charge in [0.25, 0.3) is 0 Å². The molecule has 0 aromatic carbocycles. The van der Waals surface area contributed by atoms with Crippen LogP contribution in [0.25, 0.3) is 0 Å². The number of hydrogen-bond donors (Lipinski definition) is 0. The zero-order chi connectivity index (χ0) is 8.69. The van der Waals surface area contributed by atoms with Crippen molar-refractivity contribution in [3.8, 4) is 0 Å². The molecule has 0 bridgehead atoms. The van der Waals surface area contributed by atoms with Crippen molar-refractivity contribution in [3.05, 3.63) is 0 Å². The summed E-state index contributed by atoms with van der Waals surface area (Å²) in [6.07, 6.45) is 2.25. The second-order valence-electron chi connectivity index (χ2n) is 2.70. The van der Waals surface area contributed by atoms with Gasteiger partial charge < -0.3 is 0 Å². The number of hydrogen-bond acceptors (Lipinski definition) is 3. The summed E-state index contributed by atoms with van der Waals surface area (Å²) in [5.41, 5.74) is 0. The maximum Gasteiger partial charge on any atom is 0.342 e. The van der Waals surface area contributed by atoms with Gasteiger partial charge in [-0.1, -0.05) is 13.3 Å². The van der Waals surface area contributed by atoms with Crippen molar-refractivity contribution >= 4 is 5.97 Å². The molecule has 70 valence electrons. The molecule has 0 aliphatic heterocycles. The summed E-state index contributed by atoms with van der Waals surface area (Å²) in [6, 6.07) is 0. The maximum atomic E-state index is 10.8. The van der Waals surface area contributed by atoms with Crippen LogP contribution in [0, 0.1) is 0 Å². The Morgan fingerprint density at radius 1 is 1.42 bits per heavy atom. The van der Waals surface area contributed by atoms with Crippen molar-refractivity contribution in [1.82, 2.24) is 0 Å². The first-order valence-corrected chi connectivity index (χ1v) is 4.03. The molecule has 12 heavy (non-hydrogen) atoms. The predicted octanol–water partition coefficient (Wildman–Crippen LogP) is 2.06. The fraction of sp³-hybridized carbons (Fsp3) is 0.875. The molecular weight excluding hydrogens is 192 g/mol. The minimum Gasteiger partial charge on any atom is -0.298 e. The van der Waals surface area contributed by atoms with Gasteiger partial charge in [0.1, 0.15) is 0 Å². The Hall–Kier alpha value is 0.144. The van der Waals surface area contributed by atoms with Crippen LogP contribution in [-0.4, -0.2) is 12.1 Å². The molecular formula is C8H16O3Ti. The molecule has 0 unspecified atom stereocenters. The van der Waals surface area contributed by atoms with Gasteiger partial charge in [0, 0.05) is 28.1 Å². The van der Waals surface area contributed by atoms with Gasteiger partial charge in [0.05, 0.1) is 6.10 Å². The second kappa shape index (κ2) is 9.23. The minimum atomic E-state index is -0.277. The van der Waals surface area contributed by atoms with E-state index in [2.05, 4.69) is 9.78 Å². The van der Waals surface area contributed by atoms with Crippen LogP contribution in [-0.2, 0) is 36.3 Å². The van der Waals surface area contributed by atoms with Crippen LogP contribution in [0.3, 0.4) is 0 Å². The van der Waals surface area contributed by atoms with E-state index >= 15 is 0 Å². The Kier molecular flexibility index (Phi) is 11.3. The molecule has 0 fully saturated rings. The third-order valence-electron chi connectivity index (χ3n) is 1.07. The summed E-state index contributed by atoms with van der Waals surface area (Å²) in [6.45, 7) is 5.65. The summed E-state index contributed by atoms with van der Waals surface area (Å²) in [5, 5.41) is 0. The maximum absolute atomic E-state index is 10.8. The monoisotopic (exact) mass is 208 g/mol. The van der Waals surface area contributed by atoms with Crippen molar-refractivity contribution < 1.29 is 36.3 Å². The largest absolute Gasteiger partial charge is 0.342 e. The third-order valence-corrected chi connectivity index (χ3v) is 1.07. The van der Waals surface area contributed by atoms with Gasteiger partial charge in [0.15, 0.2) is 0 Å². The van der Waals surface area contributed by atoms with E-state index < -0.39 is 0 Å². The summed E-state index contributed by atoms with van der Waals surface area (Å²) < 4.78 is 0. The average molecular weight is 208 g/mol. The zero-order valence-electron chi connectivity index (χ0n) is 7.92. The van der Waals surface area contributed by atoms with Crippen LogP contribution in [0.5, 0.6) is 0 Å². The molecule has 0 aromatic rings. The van der Waals surface area contributed by atoms with Crippen LogP contribution >= 0.6 is 0 Å². The molecule has 0 heterocycles. The van der Waals surface area contributed by atoms with Crippen LogP contribution in [0.15, 0.2) is 0 Å². The predicted molar refractivity (Wildman–Crippen MR) is 41.8 cm³/mol. The number of carbonyl (C=O) groups excluding carboxylic acids is 1. The van der Waals surface area contributed by atoms with Crippen molar-refractivity contribution in [2.45, 2.75) is 46.1 Å². The Morgan fingerprint density at radius 2 is 2.00 bits per heavy atom. The minimum absolute atomic E-state index is 0. The molecule has 0 spiro atoms. The van der Waals surface area contributed by atoms with E-state index in [0.29, 0.717) is 6.42 Å². The molecule has 4 heteroatoms. The fourth-order valence-corrected chi connectivity index (χ4v) is 0.513. The van der Waals surface area contributed by atoms with E-state index in [-0.39, 0.29) is 33.8 Å². The molecule has 0 radical (unpaired) electrons. The van der Waals surface area contributed by atoms with Crippen molar-refractivity contribution in [2.24, 2.45) is 0 Å². The van der Waals surface area contributed by atoms with Crippen LogP contribution in [0.1, 0.15) is 40.0 Å². The van der Waals surface area contributed by atoms with Gasteiger partial charge in [-0.05, 0) is 20.3 Å². The third kappa shape index (κ3) is 10.1. The molecule has 0 N–H and O–H groups in total. The van der Waals surface area contributed by atoms with Crippen molar-refractivity contribution in [1.29, 1.82) is 0 Å². The first-order chi connectivity index (χ1) is 5.16. The van der Waals surface area contributed by atoms with Gasteiger partial charge in [0.2, 0.25) is 0 Å². The molecule has 0 saturated heterocycles. The topological polar surface area (TPSA) is 35.5 Å². The van der Waals surface area contributed by atoms with E-state index in [1.54, 1.807) is 0 Å². The first kappa shape index (κ1) is 14.7. The number of carbonyl (C=O) groups is 1. The zero-order valence-corrected chi connectivity index (χ0v) is 9.48. The molecule has 0 amide bonds. The van der Waals surface area contributed by atoms with Gasteiger partial charge in [-0.2, -0.15) is 4.89 Å².